The zero-order chi connectivity index (χ0) is 19.7. The molecular weight excluding hydrogens is 359 g/mol. The minimum Gasteiger partial charge on any atom is -0.349 e. The maximum absolute atomic E-state index is 13.4. The van der Waals surface area contributed by atoms with Crippen LogP contribution >= 0.6 is 0 Å². The van der Waals surface area contributed by atoms with Gasteiger partial charge >= 0.3 is 0 Å². The molecule has 6 nitrogen and oxygen atoms in total. The van der Waals surface area contributed by atoms with Gasteiger partial charge in [-0.2, -0.15) is 5.10 Å². The van der Waals surface area contributed by atoms with Crippen LogP contribution in [0.2, 0.25) is 0 Å². The first kappa shape index (κ1) is 18.0. The Balaban J connectivity index is 1.93. The lowest BCUT2D eigenvalue weighted by molar-refractivity contribution is 0.101. The van der Waals surface area contributed by atoms with E-state index in [2.05, 4.69) is 15.4 Å². The summed E-state index contributed by atoms with van der Waals surface area (Å²) in [6.07, 6.45) is 5.31. The van der Waals surface area contributed by atoms with Crippen LogP contribution in [0.4, 0.5) is 15.8 Å². The summed E-state index contributed by atoms with van der Waals surface area (Å²) < 4.78 is 14.8. The predicted octanol–water partition coefficient (Wildman–Crippen LogP) is 3.80. The van der Waals surface area contributed by atoms with Gasteiger partial charge in [-0.3, -0.25) is 14.6 Å². The number of hydrogen-bond acceptors (Lipinski definition) is 5. The Labute approximate surface area is 161 Å². The number of benzene rings is 1. The smallest absolute Gasteiger partial charge is 0.291 e. The Kier molecular flexibility index (Phi) is 4.73. The van der Waals surface area contributed by atoms with Crippen molar-refractivity contribution in [3.63, 3.8) is 0 Å². The molecule has 3 aromatic rings. The molecule has 1 aromatic carbocycles. The molecule has 1 saturated carbocycles. The number of Topliss-reactive ketones (excluding diaryl/α,β-unsaturated/α-hetero) is 1. The molecule has 1 aliphatic carbocycles. The van der Waals surface area contributed by atoms with E-state index >= 15 is 0 Å². The molecule has 2 heterocycles. The summed E-state index contributed by atoms with van der Waals surface area (Å²) in [5, 5.41) is 7.53. The number of nitrogens with zero attached hydrogens (tertiary/aromatic N) is 3. The van der Waals surface area contributed by atoms with Crippen LogP contribution in [0.3, 0.4) is 0 Å². The van der Waals surface area contributed by atoms with Gasteiger partial charge in [0.15, 0.2) is 5.78 Å². The first-order valence-electron chi connectivity index (χ1n) is 9.12. The molecule has 4 rings (SSSR count). The number of aromatic nitrogens is 3. The standard InChI is InChI=1S/C21H19FN4O2/c1-13(27)18-19(15-6-8-16(22)9-7-15)25-26(12-14-4-5-14)21(28)20(18)24-17-3-2-10-23-11-17/h2-3,6-11,14,24H,4-5,12H2,1H3. The van der Waals surface area contributed by atoms with Crippen molar-refractivity contribution >= 4 is 17.2 Å². The van der Waals surface area contributed by atoms with E-state index in [9.17, 15) is 14.0 Å². The highest BCUT2D eigenvalue weighted by molar-refractivity contribution is 6.05. The fraction of sp³-hybridized carbons (Fsp3) is 0.238. The number of halogens is 1. The normalized spacial score (nSPS) is 13.4. The molecular formula is C21H19FN4O2. The number of carbonyl (C=O) groups is 1. The summed E-state index contributed by atoms with van der Waals surface area (Å²) >= 11 is 0. The third-order valence-corrected chi connectivity index (χ3v) is 4.68. The largest absolute Gasteiger partial charge is 0.349 e. The molecule has 2 aromatic heterocycles. The lowest BCUT2D eigenvalue weighted by Crippen LogP contribution is -2.29. The van der Waals surface area contributed by atoms with E-state index < -0.39 is 0 Å². The van der Waals surface area contributed by atoms with Crippen LogP contribution in [0.15, 0.2) is 53.6 Å². The van der Waals surface area contributed by atoms with Crippen molar-refractivity contribution in [1.29, 1.82) is 0 Å². The van der Waals surface area contributed by atoms with Crippen LogP contribution < -0.4 is 10.9 Å². The highest BCUT2D eigenvalue weighted by Gasteiger charge is 2.27. The van der Waals surface area contributed by atoms with Crippen LogP contribution in [0.5, 0.6) is 0 Å². The van der Waals surface area contributed by atoms with Crippen LogP contribution in [0.25, 0.3) is 11.3 Å². The monoisotopic (exact) mass is 378 g/mol. The first-order chi connectivity index (χ1) is 13.5. The van der Waals surface area contributed by atoms with E-state index in [0.717, 1.165) is 12.8 Å². The average molecular weight is 378 g/mol. The third-order valence-electron chi connectivity index (χ3n) is 4.68. The molecule has 0 aliphatic heterocycles. The van der Waals surface area contributed by atoms with Crippen molar-refractivity contribution in [3.8, 4) is 11.3 Å². The van der Waals surface area contributed by atoms with Gasteiger partial charge < -0.3 is 5.32 Å². The first-order valence-corrected chi connectivity index (χ1v) is 9.12. The van der Waals surface area contributed by atoms with Crippen molar-refractivity contribution in [2.24, 2.45) is 5.92 Å². The quantitative estimate of drug-likeness (QED) is 0.660. The Hall–Kier alpha value is -3.35. The number of hydrogen-bond donors (Lipinski definition) is 1. The third kappa shape index (κ3) is 3.69. The van der Waals surface area contributed by atoms with Crippen molar-refractivity contribution in [2.45, 2.75) is 26.3 Å². The number of ketones is 1. The Morgan fingerprint density at radius 3 is 2.61 bits per heavy atom. The van der Waals surface area contributed by atoms with Gasteiger partial charge in [0.2, 0.25) is 0 Å². The summed E-state index contributed by atoms with van der Waals surface area (Å²) in [6.45, 7) is 1.88. The second kappa shape index (κ2) is 7.34. The van der Waals surface area contributed by atoms with Gasteiger partial charge in [0, 0.05) is 18.3 Å². The highest BCUT2D eigenvalue weighted by atomic mass is 19.1. The molecule has 0 atom stereocenters. The van der Waals surface area contributed by atoms with Gasteiger partial charge in [-0.05, 0) is 62.1 Å². The number of carbonyl (C=O) groups excluding carboxylic acids is 1. The highest BCUT2D eigenvalue weighted by Crippen LogP contribution is 2.32. The van der Waals surface area contributed by atoms with Gasteiger partial charge in [-0.1, -0.05) is 0 Å². The van der Waals surface area contributed by atoms with E-state index in [1.807, 2.05) is 0 Å². The van der Waals surface area contributed by atoms with Gasteiger partial charge in [0.05, 0.1) is 17.4 Å². The molecule has 0 unspecified atom stereocenters. The second-order valence-corrected chi connectivity index (χ2v) is 6.96. The molecule has 28 heavy (non-hydrogen) atoms. The van der Waals surface area contributed by atoms with Gasteiger partial charge in [0.25, 0.3) is 5.56 Å². The van der Waals surface area contributed by atoms with Crippen molar-refractivity contribution in [1.82, 2.24) is 14.8 Å². The van der Waals surface area contributed by atoms with E-state index in [1.165, 1.54) is 23.7 Å². The molecule has 0 spiro atoms. The second-order valence-electron chi connectivity index (χ2n) is 6.96. The number of rotatable bonds is 6. The van der Waals surface area contributed by atoms with Crippen molar-refractivity contribution in [2.75, 3.05) is 5.32 Å². The lowest BCUT2D eigenvalue weighted by atomic mass is 10.0. The van der Waals surface area contributed by atoms with Crippen LogP contribution in [0, 0.1) is 11.7 Å². The number of anilines is 2. The Morgan fingerprint density at radius 1 is 1.25 bits per heavy atom. The topological polar surface area (TPSA) is 76.9 Å². The van der Waals surface area contributed by atoms with Gasteiger partial charge in [0.1, 0.15) is 17.2 Å². The summed E-state index contributed by atoms with van der Waals surface area (Å²) in [7, 11) is 0. The average Bonchev–Trinajstić information content (AvgIpc) is 3.50. The zero-order valence-corrected chi connectivity index (χ0v) is 15.4. The van der Waals surface area contributed by atoms with E-state index in [4.69, 9.17) is 0 Å². The van der Waals surface area contributed by atoms with E-state index in [1.54, 1.807) is 36.7 Å². The zero-order valence-electron chi connectivity index (χ0n) is 15.4. The fourth-order valence-electron chi connectivity index (χ4n) is 3.09. The Morgan fingerprint density at radius 2 is 2.00 bits per heavy atom. The minimum absolute atomic E-state index is 0.162. The molecule has 142 valence electrons. The summed E-state index contributed by atoms with van der Waals surface area (Å²) in [5.41, 5.74) is 1.52. The fourth-order valence-corrected chi connectivity index (χ4v) is 3.09. The Bertz CT molecular complexity index is 1070. The summed E-state index contributed by atoms with van der Waals surface area (Å²) in [4.78, 5) is 29.6. The van der Waals surface area contributed by atoms with Crippen LogP contribution in [0.1, 0.15) is 30.1 Å². The van der Waals surface area contributed by atoms with Crippen LogP contribution in [-0.2, 0) is 6.54 Å². The SMILES string of the molecule is CC(=O)c1c(-c2ccc(F)cc2)nn(CC2CC2)c(=O)c1Nc1cccnc1. The molecule has 0 radical (unpaired) electrons. The molecule has 0 bridgehead atoms. The number of nitrogens with one attached hydrogen (secondary N) is 1. The summed E-state index contributed by atoms with van der Waals surface area (Å²) in [6, 6.07) is 9.24. The van der Waals surface area contributed by atoms with Crippen molar-refractivity contribution < 1.29 is 9.18 Å². The predicted molar refractivity (Wildman–Crippen MR) is 104 cm³/mol. The molecule has 0 saturated heterocycles. The molecule has 1 N–H and O–H groups in total. The van der Waals surface area contributed by atoms with E-state index in [0.29, 0.717) is 29.4 Å². The maximum atomic E-state index is 13.4. The lowest BCUT2D eigenvalue weighted by Gasteiger charge is -2.16. The summed E-state index contributed by atoms with van der Waals surface area (Å²) in [5.74, 6) is -0.261. The minimum atomic E-state index is -0.381. The van der Waals surface area contributed by atoms with Gasteiger partial charge in [-0.15, -0.1) is 0 Å². The number of pyridine rings is 1. The molecule has 7 heteroatoms. The van der Waals surface area contributed by atoms with Gasteiger partial charge in [-0.25, -0.2) is 9.07 Å². The molecule has 1 aliphatic rings. The molecule has 0 amide bonds. The molecule has 1 fully saturated rings. The van der Waals surface area contributed by atoms with E-state index in [-0.39, 0.29) is 28.4 Å². The van der Waals surface area contributed by atoms with Crippen LogP contribution in [-0.4, -0.2) is 20.5 Å². The maximum Gasteiger partial charge on any atom is 0.291 e. The van der Waals surface area contributed by atoms with Crippen molar-refractivity contribution in [3.05, 3.63) is 70.5 Å².